The molecule has 0 atom stereocenters. The standard InChI is InChI=1S/C20H12F3N5/c21-20(22,23)13-6-4-11(5-7-13)17-15(9-24)18(28-19(27)16(17)10-25)12-2-1-3-14(26)8-12/h1-8H,26H2,(H2,27,28). The maximum absolute atomic E-state index is 12.9. The fourth-order valence-electron chi connectivity index (χ4n) is 2.84. The molecule has 1 aromatic heterocycles. The molecule has 0 unspecified atom stereocenters. The minimum Gasteiger partial charge on any atom is -0.399 e. The zero-order valence-corrected chi connectivity index (χ0v) is 14.2. The Bertz CT molecular complexity index is 1140. The predicted octanol–water partition coefficient (Wildman–Crippen LogP) is 4.34. The van der Waals surface area contributed by atoms with Gasteiger partial charge < -0.3 is 11.5 Å². The molecule has 3 aromatic rings. The molecule has 138 valence electrons. The summed E-state index contributed by atoms with van der Waals surface area (Å²) >= 11 is 0. The zero-order valence-electron chi connectivity index (χ0n) is 14.2. The van der Waals surface area contributed by atoms with E-state index in [4.69, 9.17) is 11.5 Å². The van der Waals surface area contributed by atoms with Crippen molar-refractivity contribution in [2.24, 2.45) is 0 Å². The van der Waals surface area contributed by atoms with Crippen molar-refractivity contribution in [3.63, 3.8) is 0 Å². The van der Waals surface area contributed by atoms with Crippen molar-refractivity contribution in [3.8, 4) is 34.5 Å². The lowest BCUT2D eigenvalue weighted by molar-refractivity contribution is -0.137. The number of hydrogen-bond acceptors (Lipinski definition) is 5. The Hall–Kier alpha value is -4.04. The Morgan fingerprint density at radius 2 is 1.50 bits per heavy atom. The highest BCUT2D eigenvalue weighted by Gasteiger charge is 2.30. The van der Waals surface area contributed by atoms with E-state index in [2.05, 4.69) is 4.98 Å². The van der Waals surface area contributed by atoms with Crippen LogP contribution in [0.15, 0.2) is 48.5 Å². The first-order valence-electron chi connectivity index (χ1n) is 7.93. The van der Waals surface area contributed by atoms with Crippen LogP contribution in [0, 0.1) is 22.7 Å². The summed E-state index contributed by atoms with van der Waals surface area (Å²) in [4.78, 5) is 4.17. The number of rotatable bonds is 2. The number of nitrogen functional groups attached to an aromatic ring is 2. The minimum atomic E-state index is -4.50. The smallest absolute Gasteiger partial charge is 0.399 e. The fraction of sp³-hybridized carbons (Fsp3) is 0.0500. The molecule has 0 aliphatic rings. The lowest BCUT2D eigenvalue weighted by atomic mass is 9.92. The number of halogens is 3. The summed E-state index contributed by atoms with van der Waals surface area (Å²) < 4.78 is 38.6. The summed E-state index contributed by atoms with van der Waals surface area (Å²) in [6.45, 7) is 0. The molecular weight excluding hydrogens is 367 g/mol. The van der Waals surface area contributed by atoms with Crippen LogP contribution in [-0.2, 0) is 6.18 Å². The monoisotopic (exact) mass is 379 g/mol. The van der Waals surface area contributed by atoms with Crippen molar-refractivity contribution in [1.29, 1.82) is 10.5 Å². The molecule has 0 saturated heterocycles. The number of nitriles is 2. The molecule has 8 heteroatoms. The number of anilines is 2. The Balaban J connectivity index is 2.31. The van der Waals surface area contributed by atoms with Gasteiger partial charge in [-0.3, -0.25) is 0 Å². The molecule has 0 radical (unpaired) electrons. The van der Waals surface area contributed by atoms with Crippen LogP contribution in [0.2, 0.25) is 0 Å². The number of nitrogens with two attached hydrogens (primary N) is 2. The van der Waals surface area contributed by atoms with Gasteiger partial charge in [-0.25, -0.2) is 4.98 Å². The van der Waals surface area contributed by atoms with Gasteiger partial charge in [0.05, 0.1) is 16.8 Å². The van der Waals surface area contributed by atoms with Crippen LogP contribution in [0.25, 0.3) is 22.4 Å². The van der Waals surface area contributed by atoms with Crippen molar-refractivity contribution < 1.29 is 13.2 Å². The molecule has 0 amide bonds. The third kappa shape index (κ3) is 3.31. The molecule has 1 heterocycles. The first-order valence-corrected chi connectivity index (χ1v) is 7.93. The Kier molecular flexibility index (Phi) is 4.64. The molecule has 3 rings (SSSR count). The highest BCUT2D eigenvalue weighted by atomic mass is 19.4. The van der Waals surface area contributed by atoms with Crippen molar-refractivity contribution in [1.82, 2.24) is 4.98 Å². The molecule has 5 nitrogen and oxygen atoms in total. The van der Waals surface area contributed by atoms with E-state index in [0.29, 0.717) is 11.3 Å². The average molecular weight is 379 g/mol. The lowest BCUT2D eigenvalue weighted by Gasteiger charge is -2.14. The summed E-state index contributed by atoms with van der Waals surface area (Å²) in [5.41, 5.74) is 12.3. The molecule has 0 spiro atoms. The third-order valence-electron chi connectivity index (χ3n) is 4.11. The molecular formula is C20H12F3N5. The Morgan fingerprint density at radius 3 is 2.04 bits per heavy atom. The zero-order chi connectivity index (χ0) is 20.5. The highest BCUT2D eigenvalue weighted by Crippen LogP contribution is 2.37. The van der Waals surface area contributed by atoms with E-state index in [1.165, 1.54) is 12.1 Å². The molecule has 0 bridgehead atoms. The maximum Gasteiger partial charge on any atom is 0.416 e. The summed E-state index contributed by atoms with van der Waals surface area (Å²) in [6.07, 6.45) is -4.50. The van der Waals surface area contributed by atoms with E-state index in [1.54, 1.807) is 24.3 Å². The van der Waals surface area contributed by atoms with Gasteiger partial charge in [-0.15, -0.1) is 0 Å². The van der Waals surface area contributed by atoms with Crippen LogP contribution >= 0.6 is 0 Å². The van der Waals surface area contributed by atoms with E-state index in [0.717, 1.165) is 12.1 Å². The van der Waals surface area contributed by atoms with Gasteiger partial charge in [0.1, 0.15) is 23.5 Å². The largest absolute Gasteiger partial charge is 0.416 e. The van der Waals surface area contributed by atoms with E-state index < -0.39 is 11.7 Å². The SMILES string of the molecule is N#Cc1c(N)nc(-c2cccc(N)c2)c(C#N)c1-c1ccc(C(F)(F)F)cc1. The van der Waals surface area contributed by atoms with Crippen molar-refractivity contribution in [2.75, 3.05) is 11.5 Å². The summed E-state index contributed by atoms with van der Waals surface area (Å²) in [5.74, 6) is -0.131. The van der Waals surface area contributed by atoms with Crippen LogP contribution in [0.4, 0.5) is 24.7 Å². The van der Waals surface area contributed by atoms with Crippen LogP contribution in [0.5, 0.6) is 0 Å². The first-order chi connectivity index (χ1) is 13.3. The minimum absolute atomic E-state index is 0.0242. The lowest BCUT2D eigenvalue weighted by Crippen LogP contribution is -2.06. The van der Waals surface area contributed by atoms with Crippen molar-refractivity contribution in [2.45, 2.75) is 6.18 Å². The number of alkyl halides is 3. The second kappa shape index (κ2) is 6.93. The topological polar surface area (TPSA) is 113 Å². The van der Waals surface area contributed by atoms with Gasteiger partial charge in [0.2, 0.25) is 0 Å². The molecule has 28 heavy (non-hydrogen) atoms. The number of pyridine rings is 1. The second-order valence-corrected chi connectivity index (χ2v) is 5.89. The van der Waals surface area contributed by atoms with Crippen LogP contribution in [-0.4, -0.2) is 4.98 Å². The van der Waals surface area contributed by atoms with Gasteiger partial charge in [0, 0.05) is 16.8 Å². The third-order valence-corrected chi connectivity index (χ3v) is 4.11. The number of nitrogens with zero attached hydrogens (tertiary/aromatic N) is 3. The maximum atomic E-state index is 12.9. The quantitative estimate of drug-likeness (QED) is 0.643. The van der Waals surface area contributed by atoms with E-state index in [-0.39, 0.29) is 33.8 Å². The van der Waals surface area contributed by atoms with E-state index in [1.807, 2.05) is 12.1 Å². The molecule has 0 fully saturated rings. The van der Waals surface area contributed by atoms with Gasteiger partial charge in [0.25, 0.3) is 0 Å². The first kappa shape index (κ1) is 18.7. The average Bonchev–Trinajstić information content (AvgIpc) is 2.66. The number of benzene rings is 2. The van der Waals surface area contributed by atoms with Crippen LogP contribution < -0.4 is 11.5 Å². The van der Waals surface area contributed by atoms with Crippen molar-refractivity contribution >= 4 is 11.5 Å². The van der Waals surface area contributed by atoms with Gasteiger partial charge in [-0.2, -0.15) is 23.7 Å². The normalized spacial score (nSPS) is 10.9. The molecule has 2 aromatic carbocycles. The predicted molar refractivity (Wildman–Crippen MR) is 98.4 cm³/mol. The van der Waals surface area contributed by atoms with Gasteiger partial charge in [0.15, 0.2) is 0 Å². The Morgan fingerprint density at radius 1 is 0.857 bits per heavy atom. The van der Waals surface area contributed by atoms with E-state index in [9.17, 15) is 23.7 Å². The molecule has 4 N–H and O–H groups in total. The van der Waals surface area contributed by atoms with Crippen LogP contribution in [0.3, 0.4) is 0 Å². The van der Waals surface area contributed by atoms with E-state index >= 15 is 0 Å². The van der Waals surface area contributed by atoms with Crippen LogP contribution in [0.1, 0.15) is 16.7 Å². The van der Waals surface area contributed by atoms with Gasteiger partial charge in [-0.05, 0) is 29.8 Å². The molecule has 0 aliphatic heterocycles. The highest BCUT2D eigenvalue weighted by molar-refractivity contribution is 5.87. The summed E-state index contributed by atoms with van der Waals surface area (Å²) in [5, 5.41) is 19.2. The summed E-state index contributed by atoms with van der Waals surface area (Å²) in [7, 11) is 0. The molecule has 0 saturated carbocycles. The van der Waals surface area contributed by atoms with Crippen molar-refractivity contribution in [3.05, 3.63) is 65.2 Å². The molecule has 0 aliphatic carbocycles. The number of aromatic nitrogens is 1. The summed E-state index contributed by atoms with van der Waals surface area (Å²) in [6, 6.07) is 14.6. The number of hydrogen-bond donors (Lipinski definition) is 2. The Labute approximate surface area is 158 Å². The fourth-order valence-corrected chi connectivity index (χ4v) is 2.84. The van der Waals surface area contributed by atoms with Gasteiger partial charge in [-0.1, -0.05) is 24.3 Å². The van der Waals surface area contributed by atoms with Gasteiger partial charge >= 0.3 is 6.18 Å². The second-order valence-electron chi connectivity index (χ2n) is 5.89.